The van der Waals surface area contributed by atoms with Crippen molar-refractivity contribution < 1.29 is 29.2 Å². The minimum Gasteiger partial charge on any atom is -0.500 e. The van der Waals surface area contributed by atoms with E-state index in [4.69, 9.17) is 4.74 Å². The smallest absolute Gasteiger partial charge is 0.315 e. The van der Waals surface area contributed by atoms with Gasteiger partial charge in [-0.25, -0.2) is 0 Å². The van der Waals surface area contributed by atoms with Gasteiger partial charge in [0.1, 0.15) is 6.54 Å². The molecule has 2 aromatic carbocycles. The molecule has 1 fully saturated rings. The number of thioether (sulfide) groups is 1. The molecule has 1 aliphatic heterocycles. The molecule has 2 aromatic rings. The Morgan fingerprint density at radius 1 is 1.21 bits per heavy atom. The van der Waals surface area contributed by atoms with Gasteiger partial charge in [-0.2, -0.15) is 0 Å². The van der Waals surface area contributed by atoms with Gasteiger partial charge in [0.2, 0.25) is 11.7 Å². The van der Waals surface area contributed by atoms with Crippen molar-refractivity contribution in [2.45, 2.75) is 20.8 Å². The van der Waals surface area contributed by atoms with E-state index in [-0.39, 0.29) is 16.2 Å². The first-order chi connectivity index (χ1) is 15.5. The molecule has 1 saturated heterocycles. The third-order valence-electron chi connectivity index (χ3n) is 4.91. The normalized spacial score (nSPS) is 14.7. The van der Waals surface area contributed by atoms with Crippen molar-refractivity contribution >= 4 is 46.3 Å². The number of aryl methyl sites for hydroxylation is 3. The van der Waals surface area contributed by atoms with E-state index in [9.17, 15) is 29.6 Å². The van der Waals surface area contributed by atoms with Crippen LogP contribution in [0.2, 0.25) is 0 Å². The van der Waals surface area contributed by atoms with Gasteiger partial charge < -0.3 is 15.2 Å². The maximum Gasteiger partial charge on any atom is 0.315 e. The number of nitrogens with one attached hydrogen (secondary N) is 1. The molecule has 11 heteroatoms. The van der Waals surface area contributed by atoms with Crippen LogP contribution in [0.25, 0.3) is 6.08 Å². The number of nitro benzene ring substituents is 1. The predicted molar refractivity (Wildman–Crippen MR) is 123 cm³/mol. The van der Waals surface area contributed by atoms with Crippen molar-refractivity contribution in [1.82, 2.24) is 4.90 Å². The average Bonchev–Trinajstić information content (AvgIpc) is 2.98. The molecule has 0 aliphatic carbocycles. The molecule has 0 unspecified atom stereocenters. The van der Waals surface area contributed by atoms with Crippen molar-refractivity contribution in [3.8, 4) is 11.5 Å². The molecule has 2 N–H and O–H groups in total. The maximum atomic E-state index is 12.7. The van der Waals surface area contributed by atoms with Crippen LogP contribution in [-0.2, 0) is 9.59 Å². The summed E-state index contributed by atoms with van der Waals surface area (Å²) in [6.07, 6.45) is 1.27. The summed E-state index contributed by atoms with van der Waals surface area (Å²) >= 11 is 0.610. The third-order valence-corrected chi connectivity index (χ3v) is 5.82. The fourth-order valence-electron chi connectivity index (χ4n) is 3.48. The Hall–Kier alpha value is -3.86. The first-order valence-electron chi connectivity index (χ1n) is 9.70. The minimum absolute atomic E-state index is 0.0162. The summed E-state index contributed by atoms with van der Waals surface area (Å²) in [6, 6.07) is 6.18. The van der Waals surface area contributed by atoms with E-state index in [0.717, 1.165) is 27.7 Å². The number of carbonyl (C=O) groups is 3. The Morgan fingerprint density at radius 2 is 1.85 bits per heavy atom. The van der Waals surface area contributed by atoms with Crippen LogP contribution in [0.15, 0.2) is 29.2 Å². The zero-order chi connectivity index (χ0) is 24.4. The molecule has 10 nitrogen and oxygen atoms in total. The van der Waals surface area contributed by atoms with Crippen molar-refractivity contribution in [3.63, 3.8) is 0 Å². The minimum atomic E-state index is -0.791. The molecule has 0 aromatic heterocycles. The van der Waals surface area contributed by atoms with Crippen LogP contribution in [0.3, 0.4) is 0 Å². The first kappa shape index (κ1) is 23.8. The number of phenolic OH excluding ortho intramolecular Hbond substituents is 1. The van der Waals surface area contributed by atoms with Crippen molar-refractivity contribution in [2.75, 3.05) is 19.0 Å². The monoisotopic (exact) mass is 471 g/mol. The maximum absolute atomic E-state index is 12.7. The van der Waals surface area contributed by atoms with Crippen LogP contribution in [0.4, 0.5) is 16.2 Å². The van der Waals surface area contributed by atoms with Gasteiger partial charge in [0.25, 0.3) is 11.1 Å². The highest BCUT2D eigenvalue weighted by Gasteiger charge is 2.36. The van der Waals surface area contributed by atoms with Crippen LogP contribution in [-0.4, -0.2) is 45.6 Å². The Morgan fingerprint density at radius 3 is 2.42 bits per heavy atom. The van der Waals surface area contributed by atoms with Crippen LogP contribution < -0.4 is 10.1 Å². The molecule has 3 amide bonds. The first-order valence-corrected chi connectivity index (χ1v) is 10.5. The fraction of sp³-hybridized carbons (Fsp3) is 0.227. The lowest BCUT2D eigenvalue weighted by molar-refractivity contribution is -0.386. The summed E-state index contributed by atoms with van der Waals surface area (Å²) in [5, 5.41) is 23.2. The van der Waals surface area contributed by atoms with E-state index in [1.165, 1.54) is 19.3 Å². The van der Waals surface area contributed by atoms with Gasteiger partial charge in [0, 0.05) is 11.8 Å². The molecule has 0 atom stereocenters. The molecule has 0 bridgehead atoms. The number of hydrogen-bond donors (Lipinski definition) is 2. The highest BCUT2D eigenvalue weighted by Crippen LogP contribution is 2.39. The number of rotatable bonds is 6. The number of benzene rings is 2. The summed E-state index contributed by atoms with van der Waals surface area (Å²) in [5.74, 6) is -2.04. The van der Waals surface area contributed by atoms with Gasteiger partial charge >= 0.3 is 5.69 Å². The zero-order valence-corrected chi connectivity index (χ0v) is 19.1. The summed E-state index contributed by atoms with van der Waals surface area (Å²) < 4.78 is 4.94. The van der Waals surface area contributed by atoms with Gasteiger partial charge in [-0.3, -0.25) is 29.4 Å². The van der Waals surface area contributed by atoms with Crippen molar-refractivity contribution in [2.24, 2.45) is 0 Å². The lowest BCUT2D eigenvalue weighted by Crippen LogP contribution is -2.36. The number of carbonyl (C=O) groups excluding carboxylic acids is 3. The van der Waals surface area contributed by atoms with Crippen LogP contribution in [0, 0.1) is 30.9 Å². The number of nitrogens with zero attached hydrogens (tertiary/aromatic N) is 2. The summed E-state index contributed by atoms with van der Waals surface area (Å²) in [6.45, 7) is 5.16. The summed E-state index contributed by atoms with van der Waals surface area (Å²) in [5.41, 5.74) is 2.96. The molecule has 0 saturated carbocycles. The van der Waals surface area contributed by atoms with Crippen LogP contribution >= 0.6 is 11.8 Å². The van der Waals surface area contributed by atoms with E-state index < -0.39 is 40.0 Å². The van der Waals surface area contributed by atoms with E-state index in [0.29, 0.717) is 17.4 Å². The number of aromatic hydroxyl groups is 1. The van der Waals surface area contributed by atoms with Gasteiger partial charge in [-0.15, -0.1) is 0 Å². The van der Waals surface area contributed by atoms with E-state index in [2.05, 4.69) is 5.32 Å². The Bertz CT molecular complexity index is 1200. The third kappa shape index (κ3) is 4.98. The molecule has 1 aliphatic rings. The van der Waals surface area contributed by atoms with E-state index in [1.807, 2.05) is 32.9 Å². The molecular formula is C22H21N3O7S. The van der Waals surface area contributed by atoms with Gasteiger partial charge in [0.15, 0.2) is 5.75 Å². The highest BCUT2D eigenvalue weighted by molar-refractivity contribution is 8.18. The largest absolute Gasteiger partial charge is 0.500 e. The molecule has 33 heavy (non-hydrogen) atoms. The Balaban J connectivity index is 1.81. The number of anilines is 1. The molecule has 3 rings (SSSR count). The number of amides is 3. The lowest BCUT2D eigenvalue weighted by Gasteiger charge is -2.15. The number of nitro groups is 1. The quantitative estimate of drug-likeness (QED) is 0.367. The second kappa shape index (κ2) is 9.33. The number of hydrogen-bond acceptors (Lipinski definition) is 8. The standard InChI is InChI=1S/C22H21N3O7S/c1-11-5-12(2)19(13(3)6-11)23-18(26)10-24-21(28)17(33-22(24)29)9-14-7-15(25(30)31)20(27)16(8-14)32-4/h5-9,27H,10H2,1-4H3,(H,23,26)/b17-9+. The lowest BCUT2D eigenvalue weighted by atomic mass is 10.1. The number of methoxy groups -OCH3 is 1. The van der Waals surface area contributed by atoms with E-state index in [1.54, 1.807) is 0 Å². The molecule has 172 valence electrons. The topological polar surface area (TPSA) is 139 Å². The number of phenols is 1. The predicted octanol–water partition coefficient (Wildman–Crippen LogP) is 3.91. The molecule has 0 spiro atoms. The Kier molecular flexibility index (Phi) is 6.73. The van der Waals surface area contributed by atoms with Crippen LogP contribution in [0.1, 0.15) is 22.3 Å². The second-order valence-corrected chi connectivity index (χ2v) is 8.43. The fourth-order valence-corrected chi connectivity index (χ4v) is 4.32. The summed E-state index contributed by atoms with van der Waals surface area (Å²) in [7, 11) is 1.23. The zero-order valence-electron chi connectivity index (χ0n) is 18.3. The number of ether oxygens (including phenoxy) is 1. The van der Waals surface area contributed by atoms with Gasteiger partial charge in [0.05, 0.1) is 16.9 Å². The SMILES string of the molecule is COc1cc(/C=C2/SC(=O)N(CC(=O)Nc3c(C)cc(C)cc3C)C2=O)cc([N+](=O)[O-])c1O. The van der Waals surface area contributed by atoms with E-state index >= 15 is 0 Å². The Labute approximate surface area is 193 Å². The van der Waals surface area contributed by atoms with Gasteiger partial charge in [-0.1, -0.05) is 17.7 Å². The number of imide groups is 1. The molecule has 0 radical (unpaired) electrons. The molecular weight excluding hydrogens is 450 g/mol. The highest BCUT2D eigenvalue weighted by atomic mass is 32.2. The van der Waals surface area contributed by atoms with Crippen molar-refractivity contribution in [1.29, 1.82) is 0 Å². The van der Waals surface area contributed by atoms with Gasteiger partial charge in [-0.05, 0) is 61.4 Å². The summed E-state index contributed by atoms with van der Waals surface area (Å²) in [4.78, 5) is 48.8. The second-order valence-electron chi connectivity index (χ2n) is 7.44. The average molecular weight is 471 g/mol. The molecule has 1 heterocycles. The van der Waals surface area contributed by atoms with Crippen molar-refractivity contribution in [3.05, 3.63) is 61.5 Å². The van der Waals surface area contributed by atoms with Crippen LogP contribution in [0.5, 0.6) is 11.5 Å².